The van der Waals surface area contributed by atoms with Crippen LogP contribution >= 0.6 is 0 Å². The molecule has 1 aromatic carbocycles. The van der Waals surface area contributed by atoms with E-state index in [1.807, 2.05) is 44.3 Å². The number of benzene rings is 1. The average Bonchev–Trinajstić information content (AvgIpc) is 3.09. The molecule has 1 aromatic heterocycles. The molecule has 0 amide bonds. The van der Waals surface area contributed by atoms with E-state index in [1.165, 1.54) is 0 Å². The lowest BCUT2D eigenvalue weighted by atomic mass is 10.1. The summed E-state index contributed by atoms with van der Waals surface area (Å²) in [6, 6.07) is 10.0. The normalized spacial score (nSPS) is 11.7. The van der Waals surface area contributed by atoms with Gasteiger partial charge in [-0.3, -0.25) is 0 Å². The van der Waals surface area contributed by atoms with Crippen molar-refractivity contribution in [2.45, 2.75) is 40.2 Å². The zero-order valence-electron chi connectivity index (χ0n) is 16.5. The van der Waals surface area contributed by atoms with Gasteiger partial charge in [0.2, 0.25) is 0 Å². The summed E-state index contributed by atoms with van der Waals surface area (Å²) in [4.78, 5) is 6.70. The van der Waals surface area contributed by atoms with Crippen LogP contribution in [0.5, 0.6) is 5.75 Å². The lowest BCUT2D eigenvalue weighted by Crippen LogP contribution is -2.40. The number of aliphatic imine (C=N–C) groups is 1. The van der Waals surface area contributed by atoms with Crippen LogP contribution in [0.4, 0.5) is 0 Å². The van der Waals surface area contributed by atoms with Crippen molar-refractivity contribution >= 4 is 5.96 Å². The van der Waals surface area contributed by atoms with E-state index in [9.17, 15) is 0 Å². The third-order valence-corrected chi connectivity index (χ3v) is 4.03. The summed E-state index contributed by atoms with van der Waals surface area (Å²) >= 11 is 0. The Morgan fingerprint density at radius 2 is 2.12 bits per heavy atom. The first kappa shape index (κ1) is 19.8. The first-order valence-electron chi connectivity index (χ1n) is 9.14. The Morgan fingerprint density at radius 1 is 1.35 bits per heavy atom. The number of rotatable bonds is 8. The summed E-state index contributed by atoms with van der Waals surface area (Å²) in [6.45, 7) is 10.9. The molecule has 0 saturated heterocycles. The van der Waals surface area contributed by atoms with E-state index < -0.39 is 0 Å². The number of nitrogens with zero attached hydrogens (tertiary/aromatic N) is 3. The van der Waals surface area contributed by atoms with E-state index >= 15 is 0 Å². The van der Waals surface area contributed by atoms with Gasteiger partial charge in [0.05, 0.1) is 12.2 Å². The fraction of sp³-hybridized carbons (Fsp3) is 0.500. The van der Waals surface area contributed by atoms with Crippen LogP contribution in [-0.2, 0) is 6.54 Å². The van der Waals surface area contributed by atoms with Gasteiger partial charge in [-0.1, -0.05) is 37.2 Å². The molecule has 142 valence electrons. The molecule has 6 heteroatoms. The van der Waals surface area contributed by atoms with Crippen LogP contribution in [0.25, 0.3) is 0 Å². The second-order valence-corrected chi connectivity index (χ2v) is 6.58. The minimum absolute atomic E-state index is 0.353. The zero-order chi connectivity index (χ0) is 18.9. The van der Waals surface area contributed by atoms with Crippen molar-refractivity contribution in [1.82, 2.24) is 15.4 Å². The number of guanidine groups is 1. The molecule has 0 unspecified atom stereocenters. The molecule has 0 saturated carbocycles. The Balaban J connectivity index is 1.90. The highest BCUT2D eigenvalue weighted by molar-refractivity contribution is 5.79. The number of ether oxygens (including phenoxy) is 1. The Kier molecular flexibility index (Phi) is 7.51. The molecule has 0 aliphatic heterocycles. The molecule has 2 aromatic rings. The van der Waals surface area contributed by atoms with Crippen LogP contribution in [0.2, 0.25) is 0 Å². The zero-order valence-corrected chi connectivity index (χ0v) is 16.5. The number of nitrogens with one attached hydrogen (secondary N) is 1. The van der Waals surface area contributed by atoms with Gasteiger partial charge < -0.3 is 19.5 Å². The summed E-state index contributed by atoms with van der Waals surface area (Å²) in [5.74, 6) is 2.87. The summed E-state index contributed by atoms with van der Waals surface area (Å²) in [5, 5.41) is 7.38. The summed E-state index contributed by atoms with van der Waals surface area (Å²) in [6.07, 6.45) is 0. The van der Waals surface area contributed by atoms with Crippen molar-refractivity contribution in [2.75, 3.05) is 26.7 Å². The third kappa shape index (κ3) is 5.79. The van der Waals surface area contributed by atoms with E-state index in [4.69, 9.17) is 9.26 Å². The highest BCUT2D eigenvalue weighted by atomic mass is 16.5. The molecule has 0 radical (unpaired) electrons. The van der Waals surface area contributed by atoms with Crippen LogP contribution in [0.1, 0.15) is 43.7 Å². The minimum atomic E-state index is 0.353. The van der Waals surface area contributed by atoms with Crippen LogP contribution in [-0.4, -0.2) is 42.8 Å². The van der Waals surface area contributed by atoms with Gasteiger partial charge in [0.15, 0.2) is 11.7 Å². The maximum absolute atomic E-state index is 5.88. The molecule has 0 aliphatic rings. The standard InChI is InChI=1S/C20H30N4O2/c1-6-21-20(22-14-17-13-18(15(2)3)23-26-17)24(5)11-12-25-19-10-8-7-9-16(19)4/h7-10,13,15H,6,11-12,14H2,1-5H3,(H,21,22). The first-order chi connectivity index (χ1) is 12.5. The van der Waals surface area contributed by atoms with Crippen molar-refractivity contribution in [2.24, 2.45) is 4.99 Å². The van der Waals surface area contributed by atoms with E-state index in [0.717, 1.165) is 41.8 Å². The topological polar surface area (TPSA) is 62.9 Å². The smallest absolute Gasteiger partial charge is 0.194 e. The molecule has 26 heavy (non-hydrogen) atoms. The first-order valence-corrected chi connectivity index (χ1v) is 9.14. The largest absolute Gasteiger partial charge is 0.491 e. The average molecular weight is 358 g/mol. The monoisotopic (exact) mass is 358 g/mol. The number of hydrogen-bond donors (Lipinski definition) is 1. The Labute approximate surface area is 156 Å². The molecular formula is C20H30N4O2. The van der Waals surface area contributed by atoms with Gasteiger partial charge in [-0.15, -0.1) is 0 Å². The molecule has 6 nitrogen and oxygen atoms in total. The predicted molar refractivity (Wildman–Crippen MR) is 105 cm³/mol. The third-order valence-electron chi connectivity index (χ3n) is 4.03. The fourth-order valence-corrected chi connectivity index (χ4v) is 2.41. The highest BCUT2D eigenvalue weighted by Crippen LogP contribution is 2.16. The molecule has 0 spiro atoms. The minimum Gasteiger partial charge on any atom is -0.491 e. The lowest BCUT2D eigenvalue weighted by Gasteiger charge is -2.22. The number of para-hydroxylation sites is 1. The number of likely N-dealkylation sites (N-methyl/N-ethyl adjacent to an activating group) is 1. The van der Waals surface area contributed by atoms with E-state index in [2.05, 4.69) is 41.1 Å². The fourth-order valence-electron chi connectivity index (χ4n) is 2.41. The SMILES string of the molecule is CCNC(=NCc1cc(C(C)C)no1)N(C)CCOc1ccccc1C. The molecule has 0 bridgehead atoms. The number of aryl methyl sites for hydroxylation is 1. The molecule has 1 heterocycles. The second-order valence-electron chi connectivity index (χ2n) is 6.58. The predicted octanol–water partition coefficient (Wildman–Crippen LogP) is 3.58. The number of aromatic nitrogens is 1. The molecule has 2 rings (SSSR count). The molecule has 0 aliphatic carbocycles. The van der Waals surface area contributed by atoms with Crippen LogP contribution in [0, 0.1) is 6.92 Å². The van der Waals surface area contributed by atoms with Crippen LogP contribution < -0.4 is 10.1 Å². The van der Waals surface area contributed by atoms with Crippen molar-refractivity contribution < 1.29 is 9.26 Å². The van der Waals surface area contributed by atoms with Crippen molar-refractivity contribution in [3.8, 4) is 5.75 Å². The van der Waals surface area contributed by atoms with Gasteiger partial charge in [0, 0.05) is 19.7 Å². The molecule has 0 atom stereocenters. The molecular weight excluding hydrogens is 328 g/mol. The number of hydrogen-bond acceptors (Lipinski definition) is 4. The van der Waals surface area contributed by atoms with E-state index in [1.54, 1.807) is 0 Å². The van der Waals surface area contributed by atoms with Gasteiger partial charge >= 0.3 is 0 Å². The van der Waals surface area contributed by atoms with E-state index in [0.29, 0.717) is 19.1 Å². The second kappa shape index (κ2) is 9.85. The van der Waals surface area contributed by atoms with Crippen molar-refractivity contribution in [3.63, 3.8) is 0 Å². The Hall–Kier alpha value is -2.50. The Bertz CT molecular complexity index is 709. The van der Waals surface area contributed by atoms with Gasteiger partial charge in [0.1, 0.15) is 18.9 Å². The van der Waals surface area contributed by atoms with Crippen LogP contribution in [0.3, 0.4) is 0 Å². The maximum Gasteiger partial charge on any atom is 0.194 e. The Morgan fingerprint density at radius 3 is 2.77 bits per heavy atom. The molecule has 0 fully saturated rings. The quantitative estimate of drug-likeness (QED) is 0.577. The molecule has 1 N–H and O–H groups in total. The van der Waals surface area contributed by atoms with Gasteiger partial charge in [0.25, 0.3) is 0 Å². The van der Waals surface area contributed by atoms with Gasteiger partial charge in [-0.2, -0.15) is 0 Å². The van der Waals surface area contributed by atoms with Crippen LogP contribution in [0.15, 0.2) is 39.8 Å². The summed E-state index contributed by atoms with van der Waals surface area (Å²) < 4.78 is 11.2. The van der Waals surface area contributed by atoms with Crippen molar-refractivity contribution in [1.29, 1.82) is 0 Å². The maximum atomic E-state index is 5.88. The van der Waals surface area contributed by atoms with Crippen molar-refractivity contribution in [3.05, 3.63) is 47.3 Å². The van der Waals surface area contributed by atoms with E-state index in [-0.39, 0.29) is 0 Å². The lowest BCUT2D eigenvalue weighted by molar-refractivity contribution is 0.279. The highest BCUT2D eigenvalue weighted by Gasteiger charge is 2.10. The van der Waals surface area contributed by atoms with Gasteiger partial charge in [-0.25, -0.2) is 4.99 Å². The summed E-state index contributed by atoms with van der Waals surface area (Å²) in [7, 11) is 2.00. The summed E-state index contributed by atoms with van der Waals surface area (Å²) in [5.41, 5.74) is 2.10. The van der Waals surface area contributed by atoms with Gasteiger partial charge in [-0.05, 0) is 31.4 Å².